The standard InChI is InChI=1S/C13H21NO2S/c1-10(2)9-14-11(3)12-5-7-13(8-6-12)17(4,15)16/h5-8,10-11,14H,9H2,1-4H3. The van der Waals surface area contributed by atoms with E-state index in [0.717, 1.165) is 12.1 Å². The first-order valence-electron chi connectivity index (χ1n) is 5.84. The van der Waals surface area contributed by atoms with Crippen LogP contribution in [-0.2, 0) is 9.84 Å². The number of sulfone groups is 1. The Hall–Kier alpha value is -0.870. The van der Waals surface area contributed by atoms with Crippen molar-refractivity contribution in [2.24, 2.45) is 5.92 Å². The molecule has 0 aliphatic heterocycles. The zero-order chi connectivity index (χ0) is 13.1. The van der Waals surface area contributed by atoms with Gasteiger partial charge in [-0.05, 0) is 37.1 Å². The molecule has 0 saturated heterocycles. The molecule has 96 valence electrons. The lowest BCUT2D eigenvalue weighted by Gasteiger charge is -2.16. The Morgan fingerprint density at radius 2 is 1.65 bits per heavy atom. The van der Waals surface area contributed by atoms with Gasteiger partial charge in [0.2, 0.25) is 0 Å². The molecule has 0 aromatic heterocycles. The highest BCUT2D eigenvalue weighted by Gasteiger charge is 2.09. The summed E-state index contributed by atoms with van der Waals surface area (Å²) in [6, 6.07) is 7.31. The summed E-state index contributed by atoms with van der Waals surface area (Å²) in [7, 11) is -3.09. The Labute approximate surface area is 104 Å². The molecule has 4 heteroatoms. The van der Waals surface area contributed by atoms with Crippen molar-refractivity contribution < 1.29 is 8.42 Å². The molecule has 0 aliphatic carbocycles. The van der Waals surface area contributed by atoms with Crippen LogP contribution in [0.1, 0.15) is 32.4 Å². The van der Waals surface area contributed by atoms with E-state index in [9.17, 15) is 8.42 Å². The summed E-state index contributed by atoms with van der Waals surface area (Å²) >= 11 is 0. The first kappa shape index (κ1) is 14.2. The fourth-order valence-corrected chi connectivity index (χ4v) is 2.16. The van der Waals surface area contributed by atoms with E-state index in [2.05, 4.69) is 26.1 Å². The molecule has 0 heterocycles. The van der Waals surface area contributed by atoms with Crippen molar-refractivity contribution >= 4 is 9.84 Å². The van der Waals surface area contributed by atoms with Gasteiger partial charge in [-0.2, -0.15) is 0 Å². The van der Waals surface area contributed by atoms with Crippen LogP contribution in [0, 0.1) is 5.92 Å². The topological polar surface area (TPSA) is 46.2 Å². The molecule has 0 amide bonds. The normalized spacial score (nSPS) is 13.9. The molecule has 1 unspecified atom stereocenters. The minimum atomic E-state index is -3.09. The second-order valence-electron chi connectivity index (χ2n) is 4.86. The minimum absolute atomic E-state index is 0.242. The van der Waals surface area contributed by atoms with E-state index in [1.54, 1.807) is 12.1 Å². The van der Waals surface area contributed by atoms with Gasteiger partial charge >= 0.3 is 0 Å². The van der Waals surface area contributed by atoms with Crippen molar-refractivity contribution in [3.8, 4) is 0 Å². The van der Waals surface area contributed by atoms with E-state index in [0.29, 0.717) is 10.8 Å². The smallest absolute Gasteiger partial charge is 0.175 e. The van der Waals surface area contributed by atoms with Crippen molar-refractivity contribution in [2.75, 3.05) is 12.8 Å². The molecule has 0 radical (unpaired) electrons. The van der Waals surface area contributed by atoms with Crippen molar-refractivity contribution in [1.29, 1.82) is 0 Å². The van der Waals surface area contributed by atoms with Crippen LogP contribution in [0.5, 0.6) is 0 Å². The molecule has 3 nitrogen and oxygen atoms in total. The lowest BCUT2D eigenvalue weighted by atomic mass is 10.1. The maximum absolute atomic E-state index is 11.3. The summed E-state index contributed by atoms with van der Waals surface area (Å²) in [5, 5.41) is 3.41. The molecule has 1 N–H and O–H groups in total. The van der Waals surface area contributed by atoms with E-state index in [-0.39, 0.29) is 6.04 Å². The van der Waals surface area contributed by atoms with Crippen LogP contribution >= 0.6 is 0 Å². The van der Waals surface area contributed by atoms with Gasteiger partial charge in [0, 0.05) is 12.3 Å². The third kappa shape index (κ3) is 4.48. The van der Waals surface area contributed by atoms with Crippen molar-refractivity contribution in [1.82, 2.24) is 5.32 Å². The number of rotatable bonds is 5. The van der Waals surface area contributed by atoms with Crippen LogP contribution in [0.3, 0.4) is 0 Å². The zero-order valence-electron chi connectivity index (χ0n) is 10.9. The molecule has 0 bridgehead atoms. The van der Waals surface area contributed by atoms with Gasteiger partial charge in [0.05, 0.1) is 4.90 Å². The first-order chi connectivity index (χ1) is 7.80. The molecule has 0 saturated carbocycles. The van der Waals surface area contributed by atoms with Crippen LogP contribution in [0.4, 0.5) is 0 Å². The molecule has 1 aromatic carbocycles. The van der Waals surface area contributed by atoms with E-state index in [1.807, 2.05) is 12.1 Å². The predicted octanol–water partition coefficient (Wildman–Crippen LogP) is 2.40. The fourth-order valence-electron chi connectivity index (χ4n) is 1.53. The monoisotopic (exact) mass is 255 g/mol. The van der Waals surface area contributed by atoms with Crippen LogP contribution in [-0.4, -0.2) is 21.2 Å². The maximum Gasteiger partial charge on any atom is 0.175 e. The van der Waals surface area contributed by atoms with Crippen LogP contribution in [0.25, 0.3) is 0 Å². The van der Waals surface area contributed by atoms with E-state index < -0.39 is 9.84 Å². The van der Waals surface area contributed by atoms with Gasteiger partial charge in [0.15, 0.2) is 9.84 Å². The van der Waals surface area contributed by atoms with Gasteiger partial charge in [0.25, 0.3) is 0 Å². The molecule has 17 heavy (non-hydrogen) atoms. The summed E-state index contributed by atoms with van der Waals surface area (Å²) in [6.07, 6.45) is 1.22. The van der Waals surface area contributed by atoms with Crippen LogP contribution in [0.15, 0.2) is 29.2 Å². The Morgan fingerprint density at radius 3 is 2.06 bits per heavy atom. The number of hydrogen-bond acceptors (Lipinski definition) is 3. The molecular weight excluding hydrogens is 234 g/mol. The number of hydrogen-bond donors (Lipinski definition) is 1. The van der Waals surface area contributed by atoms with Crippen molar-refractivity contribution in [2.45, 2.75) is 31.7 Å². The van der Waals surface area contributed by atoms with Gasteiger partial charge in [-0.15, -0.1) is 0 Å². The highest BCUT2D eigenvalue weighted by Crippen LogP contribution is 2.16. The van der Waals surface area contributed by atoms with Crippen LogP contribution < -0.4 is 5.32 Å². The van der Waals surface area contributed by atoms with E-state index in [1.165, 1.54) is 6.26 Å². The van der Waals surface area contributed by atoms with Gasteiger partial charge in [-0.3, -0.25) is 0 Å². The fraction of sp³-hybridized carbons (Fsp3) is 0.538. The molecule has 0 aliphatic rings. The van der Waals surface area contributed by atoms with Gasteiger partial charge in [-0.1, -0.05) is 26.0 Å². The highest BCUT2D eigenvalue weighted by atomic mass is 32.2. The van der Waals surface area contributed by atoms with Gasteiger partial charge in [0.1, 0.15) is 0 Å². The third-order valence-corrected chi connectivity index (χ3v) is 3.77. The lowest BCUT2D eigenvalue weighted by molar-refractivity contribution is 0.496. The summed E-state index contributed by atoms with van der Waals surface area (Å²) in [5.74, 6) is 0.604. The molecule has 1 aromatic rings. The molecule has 0 spiro atoms. The lowest BCUT2D eigenvalue weighted by Crippen LogP contribution is -2.23. The Morgan fingerprint density at radius 1 is 1.12 bits per heavy atom. The summed E-state index contributed by atoms with van der Waals surface area (Å²) in [5.41, 5.74) is 1.11. The average molecular weight is 255 g/mol. The quantitative estimate of drug-likeness (QED) is 0.878. The average Bonchev–Trinajstić information content (AvgIpc) is 2.25. The van der Waals surface area contributed by atoms with Crippen LogP contribution in [0.2, 0.25) is 0 Å². The SMILES string of the molecule is CC(C)CNC(C)c1ccc(S(C)(=O)=O)cc1. The third-order valence-electron chi connectivity index (χ3n) is 2.64. The second-order valence-corrected chi connectivity index (χ2v) is 6.88. The largest absolute Gasteiger partial charge is 0.310 e. The zero-order valence-corrected chi connectivity index (χ0v) is 11.7. The van der Waals surface area contributed by atoms with Gasteiger partial charge in [-0.25, -0.2) is 8.42 Å². The van der Waals surface area contributed by atoms with Crippen molar-refractivity contribution in [3.63, 3.8) is 0 Å². The maximum atomic E-state index is 11.3. The number of nitrogens with one attached hydrogen (secondary N) is 1. The number of benzene rings is 1. The first-order valence-corrected chi connectivity index (χ1v) is 7.73. The predicted molar refractivity (Wildman–Crippen MR) is 70.8 cm³/mol. The Kier molecular flexibility index (Phi) is 4.71. The molecule has 1 atom stereocenters. The Balaban J connectivity index is 2.74. The second kappa shape index (κ2) is 5.65. The summed E-state index contributed by atoms with van der Waals surface area (Å²) in [6.45, 7) is 7.35. The highest BCUT2D eigenvalue weighted by molar-refractivity contribution is 7.90. The molecule has 1 rings (SSSR count). The summed E-state index contributed by atoms with van der Waals surface area (Å²) in [4.78, 5) is 0.373. The molecular formula is C13H21NO2S. The Bertz CT molecular complexity index is 449. The van der Waals surface area contributed by atoms with E-state index >= 15 is 0 Å². The van der Waals surface area contributed by atoms with Gasteiger partial charge < -0.3 is 5.32 Å². The molecule has 0 fully saturated rings. The summed E-state index contributed by atoms with van der Waals surface area (Å²) < 4.78 is 22.6. The minimum Gasteiger partial charge on any atom is -0.310 e. The van der Waals surface area contributed by atoms with E-state index in [4.69, 9.17) is 0 Å². The van der Waals surface area contributed by atoms with Crippen molar-refractivity contribution in [3.05, 3.63) is 29.8 Å².